The van der Waals surface area contributed by atoms with Crippen LogP contribution in [0.25, 0.3) is 0 Å². The molecule has 0 saturated carbocycles. The highest BCUT2D eigenvalue weighted by Crippen LogP contribution is 2.24. The Balaban J connectivity index is 1.75. The average Bonchev–Trinajstić information content (AvgIpc) is 2.96. The van der Waals surface area contributed by atoms with Gasteiger partial charge in [0.15, 0.2) is 0 Å². The molecule has 0 spiro atoms. The molecule has 4 nitrogen and oxygen atoms in total. The molecule has 1 aliphatic rings. The van der Waals surface area contributed by atoms with E-state index in [1.807, 2.05) is 12.1 Å². The van der Waals surface area contributed by atoms with E-state index in [1.165, 1.54) is 17.2 Å². The minimum atomic E-state index is -3.49. The number of hydrogen-bond donors (Lipinski definition) is 2. The summed E-state index contributed by atoms with van der Waals surface area (Å²) in [6.45, 7) is -0.136. The third kappa shape index (κ3) is 3.18. The zero-order valence-electron chi connectivity index (χ0n) is 11.5. The minimum Gasteiger partial charge on any atom is -0.392 e. The van der Waals surface area contributed by atoms with E-state index >= 15 is 0 Å². The summed E-state index contributed by atoms with van der Waals surface area (Å²) in [5.41, 5.74) is 3.17. The van der Waals surface area contributed by atoms with Crippen LogP contribution in [0.2, 0.25) is 0 Å². The Morgan fingerprint density at radius 1 is 1.29 bits per heavy atom. The highest BCUT2D eigenvalue weighted by molar-refractivity contribution is 7.91. The average molecular weight is 323 g/mol. The van der Waals surface area contributed by atoms with E-state index in [4.69, 9.17) is 5.11 Å². The summed E-state index contributed by atoms with van der Waals surface area (Å²) in [4.78, 5) is 0. The lowest BCUT2D eigenvalue weighted by Gasteiger charge is -2.25. The number of aliphatic hydroxyl groups is 1. The van der Waals surface area contributed by atoms with Gasteiger partial charge in [-0.15, -0.1) is 11.3 Å². The second-order valence-corrected chi connectivity index (χ2v) is 8.11. The van der Waals surface area contributed by atoms with Gasteiger partial charge in [-0.25, -0.2) is 13.1 Å². The summed E-state index contributed by atoms with van der Waals surface area (Å²) >= 11 is 1.14. The summed E-state index contributed by atoms with van der Waals surface area (Å²) in [7, 11) is -3.49. The van der Waals surface area contributed by atoms with E-state index in [9.17, 15) is 8.42 Å². The molecule has 1 heterocycles. The van der Waals surface area contributed by atoms with Crippen LogP contribution >= 0.6 is 11.3 Å². The SMILES string of the molecule is O=S(=O)(NC1CCc2ccccc2C1)c1cc(CO)cs1. The molecule has 0 amide bonds. The van der Waals surface area contributed by atoms with Gasteiger partial charge in [-0.3, -0.25) is 0 Å². The smallest absolute Gasteiger partial charge is 0.250 e. The van der Waals surface area contributed by atoms with Crippen molar-refractivity contribution < 1.29 is 13.5 Å². The van der Waals surface area contributed by atoms with Gasteiger partial charge in [-0.1, -0.05) is 24.3 Å². The minimum absolute atomic E-state index is 0.0652. The first-order chi connectivity index (χ1) is 10.1. The third-order valence-electron chi connectivity index (χ3n) is 3.75. The standard InChI is InChI=1S/C15H17NO3S2/c17-9-11-7-15(20-10-11)21(18,19)16-14-6-5-12-3-1-2-4-13(12)8-14/h1-4,7,10,14,16-17H,5-6,8-9H2. The number of aliphatic hydroxyl groups excluding tert-OH is 1. The molecule has 0 fully saturated rings. The number of hydrogen-bond acceptors (Lipinski definition) is 4. The summed E-state index contributed by atoms with van der Waals surface area (Å²) in [5.74, 6) is 0. The number of sulfonamides is 1. The van der Waals surface area contributed by atoms with Crippen molar-refractivity contribution in [3.63, 3.8) is 0 Å². The van der Waals surface area contributed by atoms with Crippen molar-refractivity contribution in [1.29, 1.82) is 0 Å². The number of aryl methyl sites for hydroxylation is 1. The van der Waals surface area contributed by atoms with E-state index in [2.05, 4.69) is 16.9 Å². The molecule has 0 bridgehead atoms. The molecular weight excluding hydrogens is 306 g/mol. The van der Waals surface area contributed by atoms with Crippen molar-refractivity contribution in [3.05, 3.63) is 52.4 Å². The molecule has 2 N–H and O–H groups in total. The lowest BCUT2D eigenvalue weighted by Crippen LogP contribution is -2.38. The highest BCUT2D eigenvalue weighted by atomic mass is 32.2. The number of fused-ring (bicyclic) bond motifs is 1. The monoisotopic (exact) mass is 323 g/mol. The molecule has 0 aliphatic heterocycles. The van der Waals surface area contributed by atoms with Gasteiger partial charge in [-0.2, -0.15) is 0 Å². The first-order valence-corrected chi connectivity index (χ1v) is 9.22. The van der Waals surface area contributed by atoms with E-state index in [-0.39, 0.29) is 16.9 Å². The van der Waals surface area contributed by atoms with Crippen molar-refractivity contribution in [2.24, 2.45) is 0 Å². The van der Waals surface area contributed by atoms with Crippen LogP contribution in [0, 0.1) is 0 Å². The fraction of sp³-hybridized carbons (Fsp3) is 0.333. The van der Waals surface area contributed by atoms with E-state index < -0.39 is 10.0 Å². The van der Waals surface area contributed by atoms with Crippen molar-refractivity contribution in [1.82, 2.24) is 4.72 Å². The fourth-order valence-corrected chi connectivity index (χ4v) is 5.14. The second-order valence-electron chi connectivity index (χ2n) is 5.26. The molecule has 3 rings (SSSR count). The number of rotatable bonds is 4. The zero-order chi connectivity index (χ0) is 14.9. The Morgan fingerprint density at radius 2 is 2.05 bits per heavy atom. The lowest BCUT2D eigenvalue weighted by atomic mass is 9.89. The van der Waals surface area contributed by atoms with Crippen molar-refractivity contribution in [2.45, 2.75) is 36.1 Å². The highest BCUT2D eigenvalue weighted by Gasteiger charge is 2.25. The van der Waals surface area contributed by atoms with Gasteiger partial charge in [0, 0.05) is 6.04 Å². The van der Waals surface area contributed by atoms with Crippen LogP contribution in [-0.2, 0) is 29.5 Å². The molecule has 21 heavy (non-hydrogen) atoms. The normalized spacial score (nSPS) is 18.4. The predicted molar refractivity (Wildman–Crippen MR) is 82.8 cm³/mol. The van der Waals surface area contributed by atoms with Gasteiger partial charge in [-0.05, 0) is 47.4 Å². The quantitative estimate of drug-likeness (QED) is 0.905. The molecule has 1 aromatic heterocycles. The molecule has 1 aromatic carbocycles. The molecular formula is C15H17NO3S2. The zero-order valence-corrected chi connectivity index (χ0v) is 13.1. The van der Waals surface area contributed by atoms with Gasteiger partial charge in [0.2, 0.25) is 10.0 Å². The van der Waals surface area contributed by atoms with Crippen LogP contribution in [0.1, 0.15) is 23.1 Å². The van der Waals surface area contributed by atoms with E-state index in [0.29, 0.717) is 5.56 Å². The molecule has 1 atom stereocenters. The van der Waals surface area contributed by atoms with Gasteiger partial charge in [0.25, 0.3) is 0 Å². The number of thiophene rings is 1. The molecule has 112 valence electrons. The third-order valence-corrected chi connectivity index (χ3v) is 6.75. The molecule has 0 radical (unpaired) electrons. The maximum absolute atomic E-state index is 12.4. The first kappa shape index (κ1) is 14.7. The first-order valence-electron chi connectivity index (χ1n) is 6.86. The lowest BCUT2D eigenvalue weighted by molar-refractivity contribution is 0.282. The number of nitrogens with one attached hydrogen (secondary N) is 1. The topological polar surface area (TPSA) is 66.4 Å². The van der Waals surface area contributed by atoms with Gasteiger partial charge in [0.05, 0.1) is 6.61 Å². The summed E-state index contributed by atoms with van der Waals surface area (Å²) in [6.07, 6.45) is 2.44. The maximum atomic E-state index is 12.4. The van der Waals surface area contributed by atoms with Crippen LogP contribution in [-0.4, -0.2) is 19.6 Å². The van der Waals surface area contributed by atoms with E-state index in [1.54, 1.807) is 5.38 Å². The Labute approximate surface area is 128 Å². The van der Waals surface area contributed by atoms with Crippen LogP contribution < -0.4 is 4.72 Å². The second kappa shape index (κ2) is 5.88. The Kier molecular flexibility index (Phi) is 4.12. The van der Waals surface area contributed by atoms with E-state index in [0.717, 1.165) is 30.6 Å². The fourth-order valence-electron chi connectivity index (χ4n) is 2.65. The van der Waals surface area contributed by atoms with Crippen LogP contribution in [0.4, 0.5) is 0 Å². The van der Waals surface area contributed by atoms with Crippen molar-refractivity contribution in [3.8, 4) is 0 Å². The predicted octanol–water partition coefficient (Wildman–Crippen LogP) is 2.08. The Bertz CT molecular complexity index is 737. The van der Waals surface area contributed by atoms with Crippen LogP contribution in [0.5, 0.6) is 0 Å². The van der Waals surface area contributed by atoms with Gasteiger partial charge >= 0.3 is 0 Å². The summed E-state index contributed by atoms with van der Waals surface area (Å²) in [6, 6.07) is 9.64. The molecule has 1 aliphatic carbocycles. The van der Waals surface area contributed by atoms with Gasteiger partial charge < -0.3 is 5.11 Å². The largest absolute Gasteiger partial charge is 0.392 e. The van der Waals surface area contributed by atoms with Gasteiger partial charge in [0.1, 0.15) is 4.21 Å². The molecule has 0 saturated heterocycles. The Hall–Kier alpha value is -1.21. The molecule has 2 aromatic rings. The summed E-state index contributed by atoms with van der Waals surface area (Å²) in [5, 5.41) is 10.7. The van der Waals surface area contributed by atoms with Crippen LogP contribution in [0.15, 0.2) is 39.9 Å². The molecule has 1 unspecified atom stereocenters. The van der Waals surface area contributed by atoms with Crippen molar-refractivity contribution >= 4 is 21.4 Å². The maximum Gasteiger partial charge on any atom is 0.250 e. The summed E-state index contributed by atoms with van der Waals surface area (Å²) < 4.78 is 27.8. The van der Waals surface area contributed by atoms with Crippen molar-refractivity contribution in [2.75, 3.05) is 0 Å². The molecule has 6 heteroatoms. The van der Waals surface area contributed by atoms with Crippen LogP contribution in [0.3, 0.4) is 0 Å². The number of benzene rings is 1. The Morgan fingerprint density at radius 3 is 2.76 bits per heavy atom.